The molecule has 3 N–H and O–H groups in total. The largest absolute Gasteiger partial charge is 0.461 e. The van der Waals surface area contributed by atoms with Crippen LogP contribution in [0.1, 0.15) is 39.2 Å². The second-order valence-electron chi connectivity index (χ2n) is 8.30. The van der Waals surface area contributed by atoms with Crippen molar-refractivity contribution < 1.29 is 33.5 Å². The van der Waals surface area contributed by atoms with Crippen LogP contribution >= 0.6 is 0 Å². The molecule has 1 heterocycles. The van der Waals surface area contributed by atoms with E-state index < -0.39 is 35.6 Å². The molecule has 11 heteroatoms. The van der Waals surface area contributed by atoms with Gasteiger partial charge >= 0.3 is 5.97 Å². The fourth-order valence-corrected chi connectivity index (χ4v) is 3.18. The van der Waals surface area contributed by atoms with E-state index in [9.17, 15) is 28.8 Å². The van der Waals surface area contributed by atoms with Crippen molar-refractivity contribution in [2.45, 2.75) is 46.3 Å². The number of carbonyl (C=O) groups excluding carboxylic acids is 6. The summed E-state index contributed by atoms with van der Waals surface area (Å²) in [5, 5.41) is 7.80. The minimum atomic E-state index is -0.854. The number of imide groups is 1. The van der Waals surface area contributed by atoms with Gasteiger partial charge in [-0.2, -0.15) is 0 Å². The van der Waals surface area contributed by atoms with E-state index in [1.165, 1.54) is 19.1 Å². The molecule has 0 saturated heterocycles. The highest BCUT2D eigenvalue weighted by Crippen LogP contribution is 2.11. The predicted octanol–water partition coefficient (Wildman–Crippen LogP) is 0.650. The van der Waals surface area contributed by atoms with Crippen molar-refractivity contribution >= 4 is 41.2 Å². The van der Waals surface area contributed by atoms with E-state index in [1.54, 1.807) is 38.1 Å². The summed E-state index contributed by atoms with van der Waals surface area (Å²) in [5.74, 6) is -2.80. The number of nitrogens with one attached hydrogen (secondary N) is 3. The number of nitrogens with zero attached hydrogens (tertiary/aromatic N) is 1. The summed E-state index contributed by atoms with van der Waals surface area (Å²) < 4.78 is 4.90. The Morgan fingerprint density at radius 1 is 0.971 bits per heavy atom. The molecule has 0 radical (unpaired) electrons. The molecule has 1 aromatic rings. The second kappa shape index (κ2) is 13.0. The maximum atomic E-state index is 12.6. The molecule has 0 fully saturated rings. The highest BCUT2D eigenvalue weighted by molar-refractivity contribution is 6.12. The van der Waals surface area contributed by atoms with Gasteiger partial charge in [0.2, 0.25) is 17.7 Å². The molecule has 0 aliphatic carbocycles. The van der Waals surface area contributed by atoms with Crippen LogP contribution in [0.2, 0.25) is 0 Å². The zero-order valence-electron chi connectivity index (χ0n) is 20.0. The van der Waals surface area contributed by atoms with E-state index in [-0.39, 0.29) is 44.4 Å². The van der Waals surface area contributed by atoms with Crippen molar-refractivity contribution in [2.75, 3.05) is 18.4 Å². The van der Waals surface area contributed by atoms with Gasteiger partial charge in [0, 0.05) is 37.7 Å². The molecule has 0 saturated carbocycles. The molecular formula is C24H30N4O7. The molecule has 188 valence electrons. The number of carbonyl (C=O) groups is 6. The van der Waals surface area contributed by atoms with E-state index in [0.29, 0.717) is 5.69 Å². The lowest BCUT2D eigenvalue weighted by Gasteiger charge is -2.22. The molecular weight excluding hydrogens is 456 g/mol. The summed E-state index contributed by atoms with van der Waals surface area (Å²) in [5.41, 5.74) is 1.27. The van der Waals surface area contributed by atoms with Gasteiger partial charge in [-0.25, -0.2) is 0 Å². The Balaban J connectivity index is 1.76. The minimum Gasteiger partial charge on any atom is -0.461 e. The van der Waals surface area contributed by atoms with Gasteiger partial charge in [0.15, 0.2) is 0 Å². The Morgan fingerprint density at radius 2 is 1.60 bits per heavy atom. The molecule has 1 unspecified atom stereocenters. The number of anilines is 1. The van der Waals surface area contributed by atoms with Crippen LogP contribution in [-0.4, -0.2) is 59.5 Å². The first-order chi connectivity index (χ1) is 16.6. The fraction of sp³-hybridized carbons (Fsp3) is 0.417. The molecule has 1 aliphatic heterocycles. The fourth-order valence-electron chi connectivity index (χ4n) is 3.18. The lowest BCUT2D eigenvalue weighted by Crippen LogP contribution is -2.51. The number of hydrogen-bond donors (Lipinski definition) is 3. The van der Waals surface area contributed by atoms with Crippen LogP contribution in [0.25, 0.3) is 0 Å². The van der Waals surface area contributed by atoms with Crippen LogP contribution in [-0.2, 0) is 40.1 Å². The summed E-state index contributed by atoms with van der Waals surface area (Å²) in [6.45, 7) is 4.79. The third-order valence-corrected chi connectivity index (χ3v) is 5.05. The zero-order valence-corrected chi connectivity index (χ0v) is 20.0. The highest BCUT2D eigenvalue weighted by atomic mass is 16.5. The summed E-state index contributed by atoms with van der Waals surface area (Å²) in [7, 11) is 0. The summed E-state index contributed by atoms with van der Waals surface area (Å²) in [6.07, 6.45) is 2.65. The number of ether oxygens (including phenoxy) is 1. The van der Waals surface area contributed by atoms with Crippen molar-refractivity contribution in [1.29, 1.82) is 0 Å². The van der Waals surface area contributed by atoms with E-state index in [4.69, 9.17) is 4.74 Å². The van der Waals surface area contributed by atoms with Crippen LogP contribution in [0.15, 0.2) is 36.4 Å². The minimum absolute atomic E-state index is 0.0293. The Bertz CT molecular complexity index is 984. The van der Waals surface area contributed by atoms with Crippen LogP contribution in [0.3, 0.4) is 0 Å². The Morgan fingerprint density at radius 3 is 2.17 bits per heavy atom. The molecule has 1 atom stereocenters. The van der Waals surface area contributed by atoms with Crippen LogP contribution < -0.4 is 16.0 Å². The first kappa shape index (κ1) is 27.2. The van der Waals surface area contributed by atoms with Gasteiger partial charge in [-0.15, -0.1) is 0 Å². The van der Waals surface area contributed by atoms with Crippen molar-refractivity contribution in [3.05, 3.63) is 42.0 Å². The first-order valence-electron chi connectivity index (χ1n) is 11.2. The van der Waals surface area contributed by atoms with Crippen molar-refractivity contribution in [2.24, 2.45) is 5.92 Å². The zero-order chi connectivity index (χ0) is 26.0. The van der Waals surface area contributed by atoms with Gasteiger partial charge in [0.25, 0.3) is 11.8 Å². The van der Waals surface area contributed by atoms with E-state index in [0.717, 1.165) is 10.5 Å². The molecule has 35 heavy (non-hydrogen) atoms. The van der Waals surface area contributed by atoms with Gasteiger partial charge in [-0.1, -0.05) is 26.0 Å². The predicted molar refractivity (Wildman–Crippen MR) is 125 cm³/mol. The van der Waals surface area contributed by atoms with Crippen LogP contribution in [0, 0.1) is 5.92 Å². The van der Waals surface area contributed by atoms with Gasteiger partial charge < -0.3 is 20.7 Å². The number of hydrogen-bond acceptors (Lipinski definition) is 7. The average molecular weight is 487 g/mol. The Hall–Kier alpha value is -4.02. The van der Waals surface area contributed by atoms with Crippen molar-refractivity contribution in [3.63, 3.8) is 0 Å². The highest BCUT2D eigenvalue weighted by Gasteiger charge is 2.26. The average Bonchev–Trinajstić information content (AvgIpc) is 3.12. The smallest absolute Gasteiger partial charge is 0.302 e. The van der Waals surface area contributed by atoms with Gasteiger partial charge in [-0.05, 0) is 30.0 Å². The maximum Gasteiger partial charge on any atom is 0.302 e. The Labute approximate surface area is 203 Å². The molecule has 11 nitrogen and oxygen atoms in total. The molecule has 0 aromatic heterocycles. The number of amides is 5. The van der Waals surface area contributed by atoms with Gasteiger partial charge in [0.1, 0.15) is 12.6 Å². The van der Waals surface area contributed by atoms with Crippen LogP contribution in [0.5, 0.6) is 0 Å². The van der Waals surface area contributed by atoms with E-state index in [2.05, 4.69) is 16.0 Å². The third-order valence-electron chi connectivity index (χ3n) is 5.05. The van der Waals surface area contributed by atoms with Crippen molar-refractivity contribution in [3.8, 4) is 0 Å². The second-order valence-corrected chi connectivity index (χ2v) is 8.30. The number of esters is 1. The normalized spacial score (nSPS) is 13.5. The lowest BCUT2D eigenvalue weighted by molar-refractivity contribution is -0.142. The lowest BCUT2D eigenvalue weighted by atomic mass is 10.0. The standard InChI is InChI=1S/C24H30N4O7/c1-15(2)23(27-19(30)5-4-12-28-21(32)10-11-22(28)33)24(34)25-13-20(31)26-18-8-6-17(7-9-18)14-35-16(3)29/h6-11,15,23H,4-5,12-14H2,1-3H3,(H,25,34)(H,26,31)(H,27,30). The molecule has 1 aliphatic rings. The Kier molecular flexibility index (Phi) is 10.1. The molecule has 0 bridgehead atoms. The van der Waals surface area contributed by atoms with Gasteiger partial charge in [0.05, 0.1) is 6.54 Å². The number of rotatable bonds is 12. The SMILES string of the molecule is CC(=O)OCc1ccc(NC(=O)CNC(=O)C(NC(=O)CCCN2C(=O)C=CC2=O)C(C)C)cc1. The molecule has 1 aromatic carbocycles. The first-order valence-corrected chi connectivity index (χ1v) is 11.2. The summed E-state index contributed by atoms with van der Waals surface area (Å²) in [4.78, 5) is 72.0. The van der Waals surface area contributed by atoms with E-state index in [1.807, 2.05) is 0 Å². The number of benzene rings is 1. The monoisotopic (exact) mass is 486 g/mol. The topological polar surface area (TPSA) is 151 Å². The molecule has 0 spiro atoms. The van der Waals surface area contributed by atoms with Gasteiger partial charge in [-0.3, -0.25) is 33.7 Å². The quantitative estimate of drug-likeness (QED) is 0.290. The van der Waals surface area contributed by atoms with E-state index >= 15 is 0 Å². The summed E-state index contributed by atoms with van der Waals surface area (Å²) in [6, 6.07) is 5.85. The van der Waals surface area contributed by atoms with Crippen LogP contribution in [0.4, 0.5) is 5.69 Å². The van der Waals surface area contributed by atoms with Crippen molar-refractivity contribution in [1.82, 2.24) is 15.5 Å². The molecule has 2 rings (SSSR count). The molecule has 5 amide bonds. The summed E-state index contributed by atoms with van der Waals surface area (Å²) >= 11 is 0. The maximum absolute atomic E-state index is 12.6. The third kappa shape index (κ3) is 9.03.